The molecule has 1 heterocycles. The summed E-state index contributed by atoms with van der Waals surface area (Å²) in [5.74, 6) is 2.35. The van der Waals surface area contributed by atoms with Gasteiger partial charge in [0.25, 0.3) is 0 Å². The van der Waals surface area contributed by atoms with Gasteiger partial charge in [-0.3, -0.25) is 9.69 Å². The van der Waals surface area contributed by atoms with E-state index in [1.165, 1.54) is 30.0 Å². The second-order valence-electron chi connectivity index (χ2n) is 9.57. The monoisotopic (exact) mass is 433 g/mol. The zero-order valence-electron chi connectivity index (χ0n) is 18.4. The van der Waals surface area contributed by atoms with Crippen LogP contribution in [-0.4, -0.2) is 61.8 Å². The Morgan fingerprint density at radius 3 is 2.27 bits per heavy atom. The fourth-order valence-electron chi connectivity index (χ4n) is 5.71. The molecular weight excluding hydrogens is 398 g/mol. The van der Waals surface area contributed by atoms with Crippen molar-refractivity contribution in [3.8, 4) is 0 Å². The Bertz CT molecular complexity index is 862. The van der Waals surface area contributed by atoms with Crippen molar-refractivity contribution in [2.45, 2.75) is 63.4 Å². The fourth-order valence-corrected chi connectivity index (χ4v) is 7.14. The highest BCUT2D eigenvalue weighted by Gasteiger charge is 2.42. The van der Waals surface area contributed by atoms with Crippen molar-refractivity contribution in [3.05, 3.63) is 29.8 Å². The first kappa shape index (κ1) is 21.8. The minimum Gasteiger partial charge on any atom is -0.352 e. The molecule has 1 aromatic rings. The Morgan fingerprint density at radius 1 is 1.03 bits per heavy atom. The van der Waals surface area contributed by atoms with Gasteiger partial charge in [0, 0.05) is 32.2 Å². The molecule has 3 fully saturated rings. The molecule has 1 saturated heterocycles. The number of carbonyl (C=O) groups is 1. The van der Waals surface area contributed by atoms with Gasteiger partial charge in [-0.25, -0.2) is 8.42 Å². The fraction of sp³-hybridized carbons (Fsp3) is 0.696. The van der Waals surface area contributed by atoms with E-state index in [4.69, 9.17) is 0 Å². The predicted octanol–water partition coefficient (Wildman–Crippen LogP) is 2.63. The zero-order valence-corrected chi connectivity index (χ0v) is 19.2. The number of fused-ring (bicyclic) bond motifs is 2. The van der Waals surface area contributed by atoms with Crippen LogP contribution in [0.15, 0.2) is 29.2 Å². The van der Waals surface area contributed by atoms with Crippen molar-refractivity contribution in [1.82, 2.24) is 14.5 Å². The molecule has 0 aromatic heterocycles. The third-order valence-electron chi connectivity index (χ3n) is 7.66. The van der Waals surface area contributed by atoms with E-state index in [2.05, 4.69) is 17.1 Å². The average molecular weight is 434 g/mol. The summed E-state index contributed by atoms with van der Waals surface area (Å²) in [6.07, 6.45) is 5.30. The number of sulfonamides is 1. The van der Waals surface area contributed by atoms with Gasteiger partial charge in [-0.1, -0.05) is 24.1 Å². The molecule has 5 atom stereocenters. The van der Waals surface area contributed by atoms with E-state index in [0.717, 1.165) is 17.4 Å². The maximum absolute atomic E-state index is 12.9. The number of rotatable bonds is 6. The summed E-state index contributed by atoms with van der Waals surface area (Å²) in [6, 6.07) is 6.97. The highest BCUT2D eigenvalue weighted by molar-refractivity contribution is 7.89. The number of nitrogens with one attached hydrogen (secondary N) is 1. The predicted molar refractivity (Wildman–Crippen MR) is 118 cm³/mol. The number of hydrogen-bond donors (Lipinski definition) is 1. The lowest BCUT2D eigenvalue weighted by Crippen LogP contribution is -2.56. The van der Waals surface area contributed by atoms with Gasteiger partial charge in [-0.15, -0.1) is 0 Å². The standard InChI is InChI=1S/C23H35N3O3S/c1-16-4-8-21(9-5-16)30(28,29)26-12-10-25(11-13-26)18(3)23(27)24-17(2)22-15-19-6-7-20(22)14-19/h4-5,8-9,17-20,22H,6-7,10-15H2,1-3H3,(H,24,27). The number of amides is 1. The van der Waals surface area contributed by atoms with Gasteiger partial charge in [-0.05, 0) is 69.9 Å². The summed E-state index contributed by atoms with van der Waals surface area (Å²) < 4.78 is 27.3. The maximum atomic E-state index is 12.9. The van der Waals surface area contributed by atoms with Crippen LogP contribution in [0.25, 0.3) is 0 Å². The average Bonchev–Trinajstić information content (AvgIpc) is 3.37. The molecule has 2 saturated carbocycles. The van der Waals surface area contributed by atoms with Crippen LogP contribution in [0, 0.1) is 24.7 Å². The summed E-state index contributed by atoms with van der Waals surface area (Å²) in [6.45, 7) is 8.00. The highest BCUT2D eigenvalue weighted by Crippen LogP contribution is 2.49. The van der Waals surface area contributed by atoms with Gasteiger partial charge in [-0.2, -0.15) is 4.31 Å². The van der Waals surface area contributed by atoms with Crippen LogP contribution >= 0.6 is 0 Å². The summed E-state index contributed by atoms with van der Waals surface area (Å²) in [4.78, 5) is 15.3. The second kappa shape index (κ2) is 8.60. The lowest BCUT2D eigenvalue weighted by molar-refractivity contribution is -0.127. The van der Waals surface area contributed by atoms with Crippen molar-refractivity contribution in [2.75, 3.05) is 26.2 Å². The van der Waals surface area contributed by atoms with Gasteiger partial charge in [0.05, 0.1) is 10.9 Å². The summed E-state index contributed by atoms with van der Waals surface area (Å²) in [5.41, 5.74) is 1.04. The van der Waals surface area contributed by atoms with Gasteiger partial charge < -0.3 is 5.32 Å². The van der Waals surface area contributed by atoms with E-state index in [9.17, 15) is 13.2 Å². The molecule has 2 aliphatic carbocycles. The van der Waals surface area contributed by atoms with Crippen molar-refractivity contribution in [2.24, 2.45) is 17.8 Å². The molecule has 166 valence electrons. The van der Waals surface area contributed by atoms with Crippen molar-refractivity contribution in [3.63, 3.8) is 0 Å². The lowest BCUT2D eigenvalue weighted by atomic mass is 9.84. The SMILES string of the molecule is Cc1ccc(S(=O)(=O)N2CCN(C(C)C(=O)NC(C)C3CC4CCC3C4)CC2)cc1. The first-order chi connectivity index (χ1) is 14.3. The maximum Gasteiger partial charge on any atom is 0.243 e. The molecule has 6 nitrogen and oxygen atoms in total. The van der Waals surface area contributed by atoms with Crippen LogP contribution in [0.3, 0.4) is 0 Å². The minimum atomic E-state index is -3.48. The van der Waals surface area contributed by atoms with Gasteiger partial charge >= 0.3 is 0 Å². The molecule has 1 amide bonds. The quantitative estimate of drug-likeness (QED) is 0.749. The zero-order chi connectivity index (χ0) is 21.5. The van der Waals surface area contributed by atoms with E-state index >= 15 is 0 Å². The van der Waals surface area contributed by atoms with E-state index in [1.54, 1.807) is 12.1 Å². The molecule has 0 radical (unpaired) electrons. The molecule has 7 heteroatoms. The van der Waals surface area contributed by atoms with Gasteiger partial charge in [0.1, 0.15) is 0 Å². The smallest absolute Gasteiger partial charge is 0.243 e. The molecule has 3 aliphatic rings. The largest absolute Gasteiger partial charge is 0.352 e. The number of carbonyl (C=O) groups excluding carboxylic acids is 1. The molecule has 0 spiro atoms. The summed E-state index contributed by atoms with van der Waals surface area (Å²) in [7, 11) is -3.48. The van der Waals surface area contributed by atoms with E-state index in [0.29, 0.717) is 37.0 Å². The van der Waals surface area contributed by atoms with Crippen LogP contribution in [0.5, 0.6) is 0 Å². The van der Waals surface area contributed by atoms with Crippen LogP contribution in [-0.2, 0) is 14.8 Å². The van der Waals surface area contributed by atoms with Crippen LogP contribution in [0.2, 0.25) is 0 Å². The Labute approximate surface area is 181 Å². The highest BCUT2D eigenvalue weighted by atomic mass is 32.2. The molecule has 2 bridgehead atoms. The Morgan fingerprint density at radius 2 is 1.70 bits per heavy atom. The first-order valence-corrected chi connectivity index (χ1v) is 12.8. The van der Waals surface area contributed by atoms with Crippen molar-refractivity contribution < 1.29 is 13.2 Å². The number of nitrogens with zero attached hydrogens (tertiary/aromatic N) is 2. The summed E-state index contributed by atoms with van der Waals surface area (Å²) >= 11 is 0. The Hall–Kier alpha value is -1.44. The van der Waals surface area contributed by atoms with Crippen molar-refractivity contribution in [1.29, 1.82) is 0 Å². The van der Waals surface area contributed by atoms with Crippen LogP contribution in [0.4, 0.5) is 0 Å². The number of hydrogen-bond acceptors (Lipinski definition) is 4. The molecule has 5 unspecified atom stereocenters. The molecule has 30 heavy (non-hydrogen) atoms. The second-order valence-corrected chi connectivity index (χ2v) is 11.5. The van der Waals surface area contributed by atoms with Gasteiger partial charge in [0.2, 0.25) is 15.9 Å². The number of piperazine rings is 1. The van der Waals surface area contributed by atoms with E-state index in [-0.39, 0.29) is 18.0 Å². The number of benzene rings is 1. The molecule has 1 aliphatic heterocycles. The topological polar surface area (TPSA) is 69.7 Å². The minimum absolute atomic E-state index is 0.0696. The third-order valence-corrected chi connectivity index (χ3v) is 9.58. The first-order valence-electron chi connectivity index (χ1n) is 11.4. The van der Waals surface area contributed by atoms with Crippen LogP contribution < -0.4 is 5.32 Å². The van der Waals surface area contributed by atoms with Crippen LogP contribution in [0.1, 0.15) is 45.1 Å². The summed E-state index contributed by atoms with van der Waals surface area (Å²) in [5, 5.41) is 3.26. The third kappa shape index (κ3) is 4.30. The van der Waals surface area contributed by atoms with E-state index in [1.807, 2.05) is 26.0 Å². The van der Waals surface area contributed by atoms with Gasteiger partial charge in [0.15, 0.2) is 0 Å². The molecule has 4 rings (SSSR count). The normalized spacial score (nSPS) is 29.6. The molecular formula is C23H35N3O3S. The number of aryl methyl sites for hydroxylation is 1. The van der Waals surface area contributed by atoms with Crippen molar-refractivity contribution >= 4 is 15.9 Å². The Balaban J connectivity index is 1.30. The molecule has 1 N–H and O–H groups in total. The van der Waals surface area contributed by atoms with E-state index < -0.39 is 10.0 Å². The lowest BCUT2D eigenvalue weighted by Gasteiger charge is -2.37. The molecule has 1 aromatic carbocycles. The Kier molecular flexibility index (Phi) is 6.24.